The number of rotatable bonds is 10. The summed E-state index contributed by atoms with van der Waals surface area (Å²) < 4.78 is 13.5. The normalized spacial score (nSPS) is 11.6. The number of hydrogen-bond acceptors (Lipinski definition) is 3. The summed E-state index contributed by atoms with van der Waals surface area (Å²) in [6, 6.07) is 5.55. The van der Waals surface area contributed by atoms with Crippen molar-refractivity contribution in [2.45, 2.75) is 53.1 Å². The van der Waals surface area contributed by atoms with Crippen LogP contribution < -0.4 is 16.0 Å². The predicted molar refractivity (Wildman–Crippen MR) is 130 cm³/mol. The van der Waals surface area contributed by atoms with Crippen LogP contribution in [0.1, 0.15) is 50.0 Å². The van der Waals surface area contributed by atoms with Gasteiger partial charge in [0, 0.05) is 50.9 Å². The summed E-state index contributed by atoms with van der Waals surface area (Å²) in [4.78, 5) is 18.7. The highest BCUT2D eigenvalue weighted by molar-refractivity contribution is 14.0. The van der Waals surface area contributed by atoms with Crippen LogP contribution in [-0.4, -0.2) is 62.1 Å². The molecule has 0 aliphatic heterocycles. The maximum Gasteiger partial charge on any atom is 0.251 e. The van der Waals surface area contributed by atoms with Gasteiger partial charge in [0.05, 0.1) is 0 Å². The molecule has 0 aliphatic carbocycles. The van der Waals surface area contributed by atoms with Crippen molar-refractivity contribution in [1.82, 2.24) is 20.9 Å². The Morgan fingerprint density at radius 1 is 1.07 bits per heavy atom. The van der Waals surface area contributed by atoms with Crippen LogP contribution in [-0.2, 0) is 0 Å². The number of nitrogens with one attached hydrogen (secondary N) is 3. The zero-order valence-electron chi connectivity index (χ0n) is 18.5. The van der Waals surface area contributed by atoms with Gasteiger partial charge in [-0.3, -0.25) is 14.7 Å². The number of aryl methyl sites for hydroxylation is 1. The van der Waals surface area contributed by atoms with Crippen LogP contribution in [0.5, 0.6) is 0 Å². The van der Waals surface area contributed by atoms with Crippen LogP contribution in [0.2, 0.25) is 0 Å². The molecule has 1 rings (SSSR count). The molecule has 0 aromatic heterocycles. The first-order valence-corrected chi connectivity index (χ1v) is 10.0. The number of carbonyl (C=O) groups is 1. The topological polar surface area (TPSA) is 68.8 Å². The van der Waals surface area contributed by atoms with Crippen molar-refractivity contribution < 1.29 is 9.18 Å². The Balaban J connectivity index is 0.00000784. The van der Waals surface area contributed by atoms with Crippen molar-refractivity contribution in [3.8, 4) is 0 Å². The van der Waals surface area contributed by atoms with Gasteiger partial charge >= 0.3 is 0 Å². The Hall–Kier alpha value is -1.42. The fourth-order valence-electron chi connectivity index (χ4n) is 2.99. The molecule has 1 aromatic carbocycles. The van der Waals surface area contributed by atoms with Crippen molar-refractivity contribution in [2.24, 2.45) is 4.99 Å². The monoisotopic (exact) mass is 521 g/mol. The molecule has 0 spiro atoms. The van der Waals surface area contributed by atoms with Crippen LogP contribution in [0.15, 0.2) is 23.2 Å². The second kappa shape index (κ2) is 14.5. The Morgan fingerprint density at radius 2 is 1.66 bits per heavy atom. The molecule has 0 fully saturated rings. The summed E-state index contributed by atoms with van der Waals surface area (Å²) in [5, 5.41) is 9.23. The standard InChI is InChI=1S/C21H36FN5O.HI/c1-15(2)27(16(3)4)13-7-10-25-21(23-6)26-12-11-24-20(28)18-9-8-17(5)19(22)14-18;/h8-9,14-16H,7,10-13H2,1-6H3,(H,24,28)(H2,23,25,26);1H. The van der Waals surface area contributed by atoms with Gasteiger partial charge in [0.25, 0.3) is 5.91 Å². The maximum atomic E-state index is 13.5. The molecular weight excluding hydrogens is 484 g/mol. The molecule has 6 nitrogen and oxygen atoms in total. The lowest BCUT2D eigenvalue weighted by Gasteiger charge is -2.30. The average molecular weight is 521 g/mol. The highest BCUT2D eigenvalue weighted by Crippen LogP contribution is 2.09. The molecule has 0 saturated heterocycles. The van der Waals surface area contributed by atoms with E-state index in [0.29, 0.717) is 42.3 Å². The number of amides is 1. The summed E-state index contributed by atoms with van der Waals surface area (Å²) >= 11 is 0. The Bertz CT molecular complexity index is 644. The lowest BCUT2D eigenvalue weighted by atomic mass is 10.1. The summed E-state index contributed by atoms with van der Waals surface area (Å²) in [6.07, 6.45) is 1.02. The van der Waals surface area contributed by atoms with Crippen LogP contribution in [0.4, 0.5) is 4.39 Å². The van der Waals surface area contributed by atoms with Crippen molar-refractivity contribution in [1.29, 1.82) is 0 Å². The van der Waals surface area contributed by atoms with E-state index in [4.69, 9.17) is 0 Å². The summed E-state index contributed by atoms with van der Waals surface area (Å²) in [5.41, 5.74) is 0.850. The van der Waals surface area contributed by atoms with Gasteiger partial charge in [0.2, 0.25) is 0 Å². The molecule has 0 heterocycles. The average Bonchev–Trinajstić information content (AvgIpc) is 2.64. The quantitative estimate of drug-likeness (QED) is 0.192. The smallest absolute Gasteiger partial charge is 0.251 e. The van der Waals surface area contributed by atoms with Crippen molar-refractivity contribution >= 4 is 35.8 Å². The minimum atomic E-state index is -0.371. The van der Waals surface area contributed by atoms with Crippen molar-refractivity contribution in [3.05, 3.63) is 35.1 Å². The van der Waals surface area contributed by atoms with Crippen LogP contribution in [0, 0.1) is 12.7 Å². The van der Waals surface area contributed by atoms with Gasteiger partial charge in [-0.1, -0.05) is 6.07 Å². The van der Waals surface area contributed by atoms with E-state index in [2.05, 4.69) is 53.5 Å². The number of halogens is 2. The SMILES string of the molecule is CN=C(NCCCN(C(C)C)C(C)C)NCCNC(=O)c1ccc(C)c(F)c1.I. The van der Waals surface area contributed by atoms with E-state index in [1.54, 1.807) is 26.1 Å². The fourth-order valence-corrected chi connectivity index (χ4v) is 2.99. The van der Waals surface area contributed by atoms with Gasteiger partial charge in [-0.2, -0.15) is 0 Å². The van der Waals surface area contributed by atoms with Gasteiger partial charge in [-0.05, 0) is 58.7 Å². The number of hydrogen-bond donors (Lipinski definition) is 3. The lowest BCUT2D eigenvalue weighted by Crippen LogP contribution is -2.43. The van der Waals surface area contributed by atoms with Gasteiger partial charge < -0.3 is 16.0 Å². The second-order valence-corrected chi connectivity index (χ2v) is 7.42. The second-order valence-electron chi connectivity index (χ2n) is 7.42. The summed E-state index contributed by atoms with van der Waals surface area (Å²) in [7, 11) is 1.72. The van der Waals surface area contributed by atoms with Crippen LogP contribution in [0.25, 0.3) is 0 Å². The molecule has 0 radical (unpaired) electrons. The first-order chi connectivity index (χ1) is 13.3. The maximum absolute atomic E-state index is 13.5. The largest absolute Gasteiger partial charge is 0.356 e. The molecule has 1 aromatic rings. The number of aliphatic imine (C=N–C) groups is 1. The molecule has 0 atom stereocenters. The molecule has 0 unspecified atom stereocenters. The molecule has 0 saturated carbocycles. The Labute approximate surface area is 192 Å². The third-order valence-electron chi connectivity index (χ3n) is 4.57. The number of nitrogens with zero attached hydrogens (tertiary/aromatic N) is 2. The molecule has 29 heavy (non-hydrogen) atoms. The third-order valence-corrected chi connectivity index (χ3v) is 4.57. The van der Waals surface area contributed by atoms with Gasteiger partial charge in [0.1, 0.15) is 5.82 Å². The molecule has 8 heteroatoms. The summed E-state index contributed by atoms with van der Waals surface area (Å²) in [5.74, 6) is 0.0475. The summed E-state index contributed by atoms with van der Waals surface area (Å²) in [6.45, 7) is 13.3. The van der Waals surface area contributed by atoms with E-state index in [0.717, 1.165) is 19.5 Å². The third kappa shape index (κ3) is 10.3. The van der Waals surface area contributed by atoms with E-state index in [1.807, 2.05) is 0 Å². The Kier molecular flexibility index (Phi) is 13.8. The van der Waals surface area contributed by atoms with Gasteiger partial charge in [-0.25, -0.2) is 4.39 Å². The number of carbonyl (C=O) groups excluding carboxylic acids is 1. The molecule has 1 amide bonds. The van der Waals surface area contributed by atoms with E-state index in [1.165, 1.54) is 6.07 Å². The fraction of sp³-hybridized carbons (Fsp3) is 0.619. The number of guanidine groups is 1. The first-order valence-electron chi connectivity index (χ1n) is 10.0. The van der Waals surface area contributed by atoms with Crippen LogP contribution >= 0.6 is 24.0 Å². The molecule has 0 bridgehead atoms. The van der Waals surface area contributed by atoms with E-state index >= 15 is 0 Å². The first kappa shape index (κ1) is 27.6. The van der Waals surface area contributed by atoms with Crippen molar-refractivity contribution in [3.63, 3.8) is 0 Å². The highest BCUT2D eigenvalue weighted by Gasteiger charge is 2.12. The van der Waals surface area contributed by atoms with E-state index in [-0.39, 0.29) is 35.7 Å². The molecular formula is C21H37FIN5O. The molecule has 166 valence electrons. The van der Waals surface area contributed by atoms with Crippen molar-refractivity contribution in [2.75, 3.05) is 33.2 Å². The van der Waals surface area contributed by atoms with E-state index in [9.17, 15) is 9.18 Å². The molecule has 0 aliphatic rings. The van der Waals surface area contributed by atoms with E-state index < -0.39 is 0 Å². The zero-order valence-corrected chi connectivity index (χ0v) is 20.8. The predicted octanol–water partition coefficient (Wildman–Crippen LogP) is 3.16. The van der Waals surface area contributed by atoms with Gasteiger partial charge in [-0.15, -0.1) is 24.0 Å². The minimum Gasteiger partial charge on any atom is -0.356 e. The lowest BCUT2D eigenvalue weighted by molar-refractivity contribution is 0.0954. The Morgan fingerprint density at radius 3 is 2.21 bits per heavy atom. The van der Waals surface area contributed by atoms with Gasteiger partial charge in [0.15, 0.2) is 5.96 Å². The zero-order chi connectivity index (χ0) is 21.1. The minimum absolute atomic E-state index is 0. The highest BCUT2D eigenvalue weighted by atomic mass is 127. The van der Waals surface area contributed by atoms with Crippen LogP contribution in [0.3, 0.4) is 0 Å². The molecule has 3 N–H and O–H groups in total. The number of benzene rings is 1.